The van der Waals surface area contributed by atoms with E-state index in [2.05, 4.69) is 5.32 Å². The Kier molecular flexibility index (Phi) is 4.42. The number of rotatable bonds is 3. The van der Waals surface area contributed by atoms with Gasteiger partial charge in [-0.05, 0) is 25.0 Å². The molecule has 3 heterocycles. The highest BCUT2D eigenvalue weighted by Gasteiger charge is 2.30. The van der Waals surface area contributed by atoms with Crippen molar-refractivity contribution < 1.29 is 23.5 Å². The lowest BCUT2D eigenvalue weighted by atomic mass is 10.2. The van der Waals surface area contributed by atoms with Crippen molar-refractivity contribution in [3.05, 3.63) is 30.0 Å². The summed E-state index contributed by atoms with van der Waals surface area (Å²) >= 11 is 0. The van der Waals surface area contributed by atoms with Crippen molar-refractivity contribution in [3.8, 4) is 0 Å². The average Bonchev–Trinajstić information content (AvgIpc) is 3.30. The fraction of sp³-hybridized carbons (Fsp3) is 0.444. The van der Waals surface area contributed by atoms with Crippen LogP contribution in [0.5, 0.6) is 0 Å². The molecular formula is C18H20N2O5. The summed E-state index contributed by atoms with van der Waals surface area (Å²) in [4.78, 5) is 27.1. The first-order valence-electron chi connectivity index (χ1n) is 8.55. The maximum absolute atomic E-state index is 12.9. The van der Waals surface area contributed by atoms with Crippen LogP contribution in [0.4, 0.5) is 5.69 Å². The molecule has 0 saturated carbocycles. The first kappa shape index (κ1) is 16.1. The van der Waals surface area contributed by atoms with E-state index < -0.39 is 6.10 Å². The molecule has 2 aliphatic heterocycles. The number of carbonyl (C=O) groups excluding carboxylic acids is 2. The molecule has 1 aromatic carbocycles. The highest BCUT2D eigenvalue weighted by Crippen LogP contribution is 2.32. The number of amides is 2. The Balaban J connectivity index is 1.67. The van der Waals surface area contributed by atoms with Crippen LogP contribution in [-0.4, -0.2) is 55.7 Å². The van der Waals surface area contributed by atoms with E-state index in [1.54, 1.807) is 11.0 Å². The lowest BCUT2D eigenvalue weighted by Gasteiger charge is -2.26. The van der Waals surface area contributed by atoms with Gasteiger partial charge in [0.1, 0.15) is 17.4 Å². The summed E-state index contributed by atoms with van der Waals surface area (Å²) in [6.07, 6.45) is 1.08. The Morgan fingerprint density at radius 3 is 2.68 bits per heavy atom. The number of carbonyl (C=O) groups is 2. The molecule has 1 N–H and O–H groups in total. The van der Waals surface area contributed by atoms with Gasteiger partial charge >= 0.3 is 0 Å². The smallest absolute Gasteiger partial charge is 0.291 e. The minimum absolute atomic E-state index is 0.162. The van der Waals surface area contributed by atoms with Crippen LogP contribution >= 0.6 is 0 Å². The van der Waals surface area contributed by atoms with Gasteiger partial charge in [0.2, 0.25) is 5.76 Å². The SMILES string of the molecule is O=C(Nc1c(C(=O)N2CCOCC2)oc2ccccc12)C1CCCO1. The Hall–Kier alpha value is -2.38. The number of hydrogen-bond donors (Lipinski definition) is 1. The summed E-state index contributed by atoms with van der Waals surface area (Å²) in [5, 5.41) is 3.57. The largest absolute Gasteiger partial charge is 0.449 e. The van der Waals surface area contributed by atoms with Gasteiger partial charge in [0.25, 0.3) is 11.8 Å². The third-order valence-electron chi connectivity index (χ3n) is 4.56. The van der Waals surface area contributed by atoms with E-state index in [4.69, 9.17) is 13.9 Å². The molecule has 1 atom stereocenters. The van der Waals surface area contributed by atoms with Gasteiger partial charge in [0.15, 0.2) is 0 Å². The molecule has 7 heteroatoms. The number of furan rings is 1. The van der Waals surface area contributed by atoms with Gasteiger partial charge in [0, 0.05) is 25.1 Å². The number of anilines is 1. The highest BCUT2D eigenvalue weighted by atomic mass is 16.5. The summed E-state index contributed by atoms with van der Waals surface area (Å²) in [6, 6.07) is 7.30. The van der Waals surface area contributed by atoms with Crippen LogP contribution in [0.1, 0.15) is 23.4 Å². The van der Waals surface area contributed by atoms with Crippen molar-refractivity contribution in [3.63, 3.8) is 0 Å². The fourth-order valence-electron chi connectivity index (χ4n) is 3.22. The van der Waals surface area contributed by atoms with E-state index in [0.29, 0.717) is 56.0 Å². The maximum atomic E-state index is 12.9. The Morgan fingerprint density at radius 2 is 1.92 bits per heavy atom. The van der Waals surface area contributed by atoms with Crippen LogP contribution in [-0.2, 0) is 14.3 Å². The van der Waals surface area contributed by atoms with Crippen molar-refractivity contribution in [2.24, 2.45) is 0 Å². The Labute approximate surface area is 144 Å². The number of hydrogen-bond acceptors (Lipinski definition) is 5. The zero-order valence-corrected chi connectivity index (χ0v) is 13.8. The lowest BCUT2D eigenvalue weighted by Crippen LogP contribution is -2.41. The summed E-state index contributed by atoms with van der Waals surface area (Å²) in [6.45, 7) is 2.61. The monoisotopic (exact) mass is 344 g/mol. The molecule has 0 aliphatic carbocycles. The van der Waals surface area contributed by atoms with E-state index in [1.807, 2.05) is 18.2 Å². The second-order valence-corrected chi connectivity index (χ2v) is 6.20. The lowest BCUT2D eigenvalue weighted by molar-refractivity contribution is -0.124. The van der Waals surface area contributed by atoms with E-state index in [0.717, 1.165) is 6.42 Å². The van der Waals surface area contributed by atoms with Crippen LogP contribution in [0, 0.1) is 0 Å². The van der Waals surface area contributed by atoms with Crippen molar-refractivity contribution >= 4 is 28.5 Å². The molecule has 7 nitrogen and oxygen atoms in total. The molecule has 25 heavy (non-hydrogen) atoms. The van der Waals surface area contributed by atoms with Gasteiger partial charge in [-0.25, -0.2) is 0 Å². The van der Waals surface area contributed by atoms with Crippen LogP contribution in [0.2, 0.25) is 0 Å². The predicted octanol–water partition coefficient (Wildman–Crippen LogP) is 2.02. The van der Waals surface area contributed by atoms with Gasteiger partial charge in [0.05, 0.1) is 13.2 Å². The molecule has 2 fully saturated rings. The molecule has 4 rings (SSSR count). The minimum Gasteiger partial charge on any atom is -0.449 e. The molecule has 2 aliphatic rings. The van der Waals surface area contributed by atoms with Crippen molar-refractivity contribution in [2.75, 3.05) is 38.2 Å². The quantitative estimate of drug-likeness (QED) is 0.921. The van der Waals surface area contributed by atoms with Crippen LogP contribution in [0.3, 0.4) is 0 Å². The molecule has 0 radical (unpaired) electrons. The topological polar surface area (TPSA) is 81.0 Å². The third-order valence-corrected chi connectivity index (χ3v) is 4.56. The number of fused-ring (bicyclic) bond motifs is 1. The molecule has 1 aromatic heterocycles. The van der Waals surface area contributed by atoms with Crippen molar-refractivity contribution in [1.29, 1.82) is 0 Å². The number of nitrogens with one attached hydrogen (secondary N) is 1. The standard InChI is InChI=1S/C18H20N2O5/c21-17(14-6-3-9-24-14)19-15-12-4-1-2-5-13(12)25-16(15)18(22)20-7-10-23-11-8-20/h1-2,4-5,14H,3,6-11H2,(H,19,21). The van der Waals surface area contributed by atoms with Crippen LogP contribution < -0.4 is 5.32 Å². The first-order chi connectivity index (χ1) is 12.2. The van der Waals surface area contributed by atoms with Crippen molar-refractivity contribution in [1.82, 2.24) is 4.90 Å². The second-order valence-electron chi connectivity index (χ2n) is 6.20. The van der Waals surface area contributed by atoms with E-state index in [-0.39, 0.29) is 17.6 Å². The molecule has 0 bridgehead atoms. The molecule has 0 spiro atoms. The number of nitrogens with zero attached hydrogens (tertiary/aromatic N) is 1. The zero-order valence-electron chi connectivity index (χ0n) is 13.8. The minimum atomic E-state index is -0.472. The second kappa shape index (κ2) is 6.85. The van der Waals surface area contributed by atoms with Gasteiger partial charge in [-0.1, -0.05) is 12.1 Å². The highest BCUT2D eigenvalue weighted by molar-refractivity contribution is 6.11. The summed E-state index contributed by atoms with van der Waals surface area (Å²) < 4.78 is 16.5. The number of ether oxygens (including phenoxy) is 2. The third kappa shape index (κ3) is 3.12. The molecule has 2 amide bonds. The van der Waals surface area contributed by atoms with Crippen LogP contribution in [0.25, 0.3) is 11.0 Å². The van der Waals surface area contributed by atoms with Crippen molar-refractivity contribution in [2.45, 2.75) is 18.9 Å². The first-order valence-corrected chi connectivity index (χ1v) is 8.55. The molecule has 2 saturated heterocycles. The summed E-state index contributed by atoms with van der Waals surface area (Å²) in [5.74, 6) is -0.309. The van der Waals surface area contributed by atoms with Gasteiger partial charge in [-0.3, -0.25) is 9.59 Å². The van der Waals surface area contributed by atoms with Gasteiger partial charge in [-0.2, -0.15) is 0 Å². The number of morpholine rings is 1. The Morgan fingerprint density at radius 1 is 1.12 bits per heavy atom. The molecule has 132 valence electrons. The fourth-order valence-corrected chi connectivity index (χ4v) is 3.22. The molecular weight excluding hydrogens is 324 g/mol. The normalized spacial score (nSPS) is 20.8. The van der Waals surface area contributed by atoms with Gasteiger partial charge in [-0.15, -0.1) is 0 Å². The van der Waals surface area contributed by atoms with E-state index in [9.17, 15) is 9.59 Å². The maximum Gasteiger partial charge on any atom is 0.291 e. The Bertz CT molecular complexity index is 788. The molecule has 1 unspecified atom stereocenters. The van der Waals surface area contributed by atoms with E-state index in [1.165, 1.54) is 0 Å². The number of para-hydroxylation sites is 1. The summed E-state index contributed by atoms with van der Waals surface area (Å²) in [5.41, 5.74) is 0.995. The van der Waals surface area contributed by atoms with Crippen LogP contribution in [0.15, 0.2) is 28.7 Å². The number of benzene rings is 1. The average molecular weight is 344 g/mol. The zero-order chi connectivity index (χ0) is 17.2. The molecule has 2 aromatic rings. The van der Waals surface area contributed by atoms with E-state index >= 15 is 0 Å². The predicted molar refractivity (Wildman–Crippen MR) is 90.5 cm³/mol. The summed E-state index contributed by atoms with van der Waals surface area (Å²) in [7, 11) is 0. The van der Waals surface area contributed by atoms with Gasteiger partial charge < -0.3 is 24.1 Å².